The molecule has 0 saturated heterocycles. The number of ether oxygens (including phenoxy) is 2. The van der Waals surface area contributed by atoms with Crippen molar-refractivity contribution in [2.45, 2.75) is 20.5 Å². The molecular weight excluding hydrogens is 368 g/mol. The van der Waals surface area contributed by atoms with E-state index in [1.54, 1.807) is 36.4 Å². The lowest BCUT2D eigenvalue weighted by Gasteiger charge is -2.08. The summed E-state index contributed by atoms with van der Waals surface area (Å²) >= 11 is 0. The zero-order valence-electron chi connectivity index (χ0n) is 16.8. The van der Waals surface area contributed by atoms with Gasteiger partial charge in [-0.3, -0.25) is 9.59 Å². The van der Waals surface area contributed by atoms with E-state index in [-0.39, 0.29) is 35.6 Å². The van der Waals surface area contributed by atoms with E-state index in [4.69, 9.17) is 4.74 Å². The molecule has 0 aromatic heterocycles. The minimum absolute atomic E-state index is 0.0694. The topological polar surface area (TPSA) is 69.7 Å². The maximum atomic E-state index is 12.6. The van der Waals surface area contributed by atoms with Gasteiger partial charge in [0.25, 0.3) is 0 Å². The molecule has 0 radical (unpaired) electrons. The Balaban J connectivity index is 1.62. The number of methoxy groups -OCH3 is 1. The molecular formula is C24H24O5. The Labute approximate surface area is 170 Å². The molecule has 2 aromatic rings. The highest BCUT2D eigenvalue weighted by Gasteiger charge is 2.61. The Hall–Kier alpha value is -3.21. The largest absolute Gasteiger partial charge is 0.466 e. The van der Waals surface area contributed by atoms with Crippen LogP contribution in [-0.2, 0) is 25.7 Å². The first-order chi connectivity index (χ1) is 13.8. The second kappa shape index (κ2) is 8.43. The monoisotopic (exact) mass is 392 g/mol. The molecule has 2 aromatic carbocycles. The fourth-order valence-corrected chi connectivity index (χ4v) is 3.54. The van der Waals surface area contributed by atoms with Gasteiger partial charge in [0.05, 0.1) is 13.0 Å². The first-order valence-electron chi connectivity index (χ1n) is 9.46. The van der Waals surface area contributed by atoms with Crippen LogP contribution in [0.15, 0.2) is 66.7 Å². The van der Waals surface area contributed by atoms with Gasteiger partial charge in [-0.15, -0.1) is 0 Å². The minimum atomic E-state index is -0.445. The van der Waals surface area contributed by atoms with E-state index < -0.39 is 5.97 Å². The highest BCUT2D eigenvalue weighted by molar-refractivity contribution is 6.09. The number of hydrogen-bond acceptors (Lipinski definition) is 5. The van der Waals surface area contributed by atoms with Crippen LogP contribution in [0, 0.1) is 17.3 Å². The lowest BCUT2D eigenvalue weighted by atomic mass is 10.0. The van der Waals surface area contributed by atoms with E-state index >= 15 is 0 Å². The van der Waals surface area contributed by atoms with E-state index in [0.29, 0.717) is 11.1 Å². The first-order valence-corrected chi connectivity index (χ1v) is 9.46. The Bertz CT molecular complexity index is 943. The summed E-state index contributed by atoms with van der Waals surface area (Å²) in [7, 11) is 1.31. The van der Waals surface area contributed by atoms with Gasteiger partial charge in [-0.25, -0.2) is 4.79 Å². The number of esters is 2. The van der Waals surface area contributed by atoms with Gasteiger partial charge in [-0.1, -0.05) is 68.5 Å². The molecule has 0 spiro atoms. The van der Waals surface area contributed by atoms with E-state index in [0.717, 1.165) is 5.56 Å². The van der Waals surface area contributed by atoms with Gasteiger partial charge in [0.2, 0.25) is 0 Å². The molecule has 29 heavy (non-hydrogen) atoms. The third-order valence-electron chi connectivity index (χ3n) is 5.41. The van der Waals surface area contributed by atoms with Crippen molar-refractivity contribution in [3.63, 3.8) is 0 Å². The number of hydrogen-bond donors (Lipinski definition) is 0. The molecule has 2 atom stereocenters. The summed E-state index contributed by atoms with van der Waals surface area (Å²) in [4.78, 5) is 36.4. The summed E-state index contributed by atoms with van der Waals surface area (Å²) in [5, 5.41) is 0. The van der Waals surface area contributed by atoms with Crippen molar-refractivity contribution in [2.24, 2.45) is 17.3 Å². The van der Waals surface area contributed by atoms with Crippen LogP contribution in [0.2, 0.25) is 0 Å². The summed E-state index contributed by atoms with van der Waals surface area (Å²) in [5.41, 5.74) is 1.64. The highest BCUT2D eigenvalue weighted by Crippen LogP contribution is 2.59. The van der Waals surface area contributed by atoms with Gasteiger partial charge in [0, 0.05) is 17.2 Å². The molecule has 0 amide bonds. The van der Waals surface area contributed by atoms with Crippen LogP contribution in [0.5, 0.6) is 0 Å². The van der Waals surface area contributed by atoms with Crippen LogP contribution >= 0.6 is 0 Å². The van der Waals surface area contributed by atoms with Gasteiger partial charge in [-0.2, -0.15) is 0 Å². The van der Waals surface area contributed by atoms with E-state index in [1.807, 2.05) is 38.1 Å². The fraction of sp³-hybridized carbons (Fsp3) is 0.292. The van der Waals surface area contributed by atoms with Gasteiger partial charge in [0.1, 0.15) is 6.61 Å². The maximum absolute atomic E-state index is 12.6. The Kier molecular flexibility index (Phi) is 5.97. The van der Waals surface area contributed by atoms with Crippen molar-refractivity contribution in [3.8, 4) is 0 Å². The highest BCUT2D eigenvalue weighted by atomic mass is 16.5. The average molecular weight is 392 g/mol. The van der Waals surface area contributed by atoms with Crippen molar-refractivity contribution in [3.05, 3.63) is 83.4 Å². The predicted molar refractivity (Wildman–Crippen MR) is 108 cm³/mol. The van der Waals surface area contributed by atoms with Crippen LogP contribution in [0.3, 0.4) is 0 Å². The smallest absolute Gasteiger partial charge is 0.330 e. The molecule has 1 aliphatic rings. The van der Waals surface area contributed by atoms with Gasteiger partial charge in [0.15, 0.2) is 5.78 Å². The molecule has 1 saturated carbocycles. The van der Waals surface area contributed by atoms with Gasteiger partial charge >= 0.3 is 11.9 Å². The lowest BCUT2D eigenvalue weighted by molar-refractivity contribution is -0.147. The second-order valence-corrected chi connectivity index (χ2v) is 7.71. The number of carbonyl (C=O) groups is 3. The summed E-state index contributed by atoms with van der Waals surface area (Å²) < 4.78 is 10.1. The van der Waals surface area contributed by atoms with Crippen LogP contribution in [0.25, 0.3) is 0 Å². The summed E-state index contributed by atoms with van der Waals surface area (Å²) in [6, 6.07) is 16.1. The zero-order chi connectivity index (χ0) is 21.0. The average Bonchev–Trinajstić information content (AvgIpc) is 3.30. The number of benzene rings is 2. The molecule has 1 fully saturated rings. The number of rotatable bonds is 7. The van der Waals surface area contributed by atoms with Gasteiger partial charge in [-0.05, 0) is 23.0 Å². The third-order valence-corrected chi connectivity index (χ3v) is 5.41. The van der Waals surface area contributed by atoms with Crippen molar-refractivity contribution in [1.29, 1.82) is 0 Å². The van der Waals surface area contributed by atoms with Crippen molar-refractivity contribution >= 4 is 17.7 Å². The molecule has 0 bridgehead atoms. The van der Waals surface area contributed by atoms with Gasteiger partial charge < -0.3 is 9.47 Å². The molecule has 2 unspecified atom stereocenters. The van der Waals surface area contributed by atoms with Crippen molar-refractivity contribution in [1.82, 2.24) is 0 Å². The predicted octanol–water partition coefficient (Wildman–Crippen LogP) is 3.96. The molecule has 1 aliphatic carbocycles. The Morgan fingerprint density at radius 2 is 1.69 bits per heavy atom. The number of allylic oxidation sites excluding steroid dienone is 1. The summed E-state index contributed by atoms with van der Waals surface area (Å²) in [6.45, 7) is 4.02. The first kappa shape index (κ1) is 20.5. The van der Waals surface area contributed by atoms with Crippen LogP contribution in [0.4, 0.5) is 0 Å². The van der Waals surface area contributed by atoms with E-state index in [1.165, 1.54) is 13.2 Å². The van der Waals surface area contributed by atoms with Crippen LogP contribution < -0.4 is 0 Å². The van der Waals surface area contributed by atoms with E-state index in [2.05, 4.69) is 4.74 Å². The maximum Gasteiger partial charge on any atom is 0.330 e. The summed E-state index contributed by atoms with van der Waals surface area (Å²) in [6.07, 6.45) is 3.05. The SMILES string of the molecule is COC(=O)C=CC1C(C(=O)OCc2cccc(C(=O)c3ccccc3)c2)C1(C)C. The Morgan fingerprint density at radius 1 is 1.00 bits per heavy atom. The van der Waals surface area contributed by atoms with E-state index in [9.17, 15) is 14.4 Å². The Morgan fingerprint density at radius 3 is 2.38 bits per heavy atom. The molecule has 5 heteroatoms. The normalized spacial score (nSPS) is 19.6. The lowest BCUT2D eigenvalue weighted by Crippen LogP contribution is -2.11. The molecule has 150 valence electrons. The third kappa shape index (κ3) is 4.62. The second-order valence-electron chi connectivity index (χ2n) is 7.71. The quantitative estimate of drug-likeness (QED) is 0.405. The minimum Gasteiger partial charge on any atom is -0.466 e. The standard InChI is InChI=1S/C24H24O5/c1-24(2)19(12-13-20(25)28-3)21(24)23(27)29-15-16-8-7-11-18(14-16)22(26)17-9-5-4-6-10-17/h4-14,19,21H,15H2,1-3H3. The molecule has 5 nitrogen and oxygen atoms in total. The zero-order valence-corrected chi connectivity index (χ0v) is 16.8. The molecule has 0 aliphatic heterocycles. The molecule has 3 rings (SSSR count). The number of carbonyl (C=O) groups excluding carboxylic acids is 3. The van der Waals surface area contributed by atoms with Crippen molar-refractivity contribution in [2.75, 3.05) is 7.11 Å². The van der Waals surface area contributed by atoms with Crippen molar-refractivity contribution < 1.29 is 23.9 Å². The van der Waals surface area contributed by atoms with Crippen LogP contribution in [-0.4, -0.2) is 24.8 Å². The fourth-order valence-electron chi connectivity index (χ4n) is 3.54. The van der Waals surface area contributed by atoms with Crippen LogP contribution in [0.1, 0.15) is 35.3 Å². The molecule has 0 N–H and O–H groups in total. The summed E-state index contributed by atoms with van der Waals surface area (Å²) in [5.74, 6) is -1.21. The molecule has 0 heterocycles. The number of ketones is 1.